The first-order valence-electron chi connectivity index (χ1n) is 6.61. The highest BCUT2D eigenvalue weighted by Gasteiger charge is 2.15. The molecule has 0 fully saturated rings. The van der Waals surface area contributed by atoms with Crippen LogP contribution in [0, 0.1) is 6.92 Å². The number of ether oxygens (including phenoxy) is 1. The first kappa shape index (κ1) is 15.2. The lowest BCUT2D eigenvalue weighted by Crippen LogP contribution is -2.14. The van der Waals surface area contributed by atoms with Gasteiger partial charge >= 0.3 is 0 Å². The van der Waals surface area contributed by atoms with Gasteiger partial charge in [0.05, 0.1) is 17.9 Å². The van der Waals surface area contributed by atoms with Gasteiger partial charge in [0.2, 0.25) is 0 Å². The molecule has 0 aliphatic heterocycles. The van der Waals surface area contributed by atoms with Crippen LogP contribution in [0.4, 0.5) is 11.4 Å². The van der Waals surface area contributed by atoms with E-state index in [1.165, 1.54) is 0 Å². The maximum Gasteiger partial charge on any atom is 0.259 e. The van der Waals surface area contributed by atoms with E-state index in [2.05, 4.69) is 5.32 Å². The van der Waals surface area contributed by atoms with Gasteiger partial charge in [-0.1, -0.05) is 23.7 Å². The SMILES string of the molecule is CCOc1c(N)cccc1C(=O)Nc1ccc(C)c(Cl)c1. The Labute approximate surface area is 128 Å². The summed E-state index contributed by atoms with van der Waals surface area (Å²) in [6.07, 6.45) is 0. The second-order valence-electron chi connectivity index (χ2n) is 4.58. The van der Waals surface area contributed by atoms with Crippen molar-refractivity contribution in [3.63, 3.8) is 0 Å². The Morgan fingerprint density at radius 2 is 2.10 bits per heavy atom. The summed E-state index contributed by atoms with van der Waals surface area (Å²) >= 11 is 6.05. The molecule has 0 radical (unpaired) electrons. The van der Waals surface area contributed by atoms with Crippen molar-refractivity contribution < 1.29 is 9.53 Å². The summed E-state index contributed by atoms with van der Waals surface area (Å²) in [6, 6.07) is 10.4. The fourth-order valence-electron chi connectivity index (χ4n) is 1.91. The summed E-state index contributed by atoms with van der Waals surface area (Å²) in [6.45, 7) is 4.18. The second kappa shape index (κ2) is 6.50. The molecule has 2 aromatic rings. The number of halogens is 1. The maximum absolute atomic E-state index is 12.4. The lowest BCUT2D eigenvalue weighted by molar-refractivity contribution is 0.102. The molecule has 0 bridgehead atoms. The molecule has 4 nitrogen and oxygen atoms in total. The van der Waals surface area contributed by atoms with Crippen molar-refractivity contribution in [2.24, 2.45) is 0 Å². The Balaban J connectivity index is 2.28. The van der Waals surface area contributed by atoms with Crippen LogP contribution in [0.2, 0.25) is 5.02 Å². The average Bonchev–Trinajstić information content (AvgIpc) is 2.45. The van der Waals surface area contributed by atoms with E-state index in [0.29, 0.717) is 34.3 Å². The molecule has 21 heavy (non-hydrogen) atoms. The zero-order valence-electron chi connectivity index (χ0n) is 11.9. The molecule has 0 saturated carbocycles. The fraction of sp³-hybridized carbons (Fsp3) is 0.188. The van der Waals surface area contributed by atoms with Crippen LogP contribution in [0.3, 0.4) is 0 Å². The molecule has 2 aromatic carbocycles. The van der Waals surface area contributed by atoms with Crippen LogP contribution < -0.4 is 15.8 Å². The molecule has 0 aliphatic carbocycles. The van der Waals surface area contributed by atoms with Gasteiger partial charge in [-0.15, -0.1) is 0 Å². The third kappa shape index (κ3) is 3.47. The number of hydrogen-bond donors (Lipinski definition) is 2. The molecule has 0 heterocycles. The van der Waals surface area contributed by atoms with Crippen LogP contribution in [-0.2, 0) is 0 Å². The summed E-state index contributed by atoms with van der Waals surface area (Å²) in [4.78, 5) is 12.4. The van der Waals surface area contributed by atoms with Crippen LogP contribution in [-0.4, -0.2) is 12.5 Å². The third-order valence-electron chi connectivity index (χ3n) is 3.01. The molecule has 0 spiro atoms. The number of rotatable bonds is 4. The van der Waals surface area contributed by atoms with Crippen LogP contribution >= 0.6 is 11.6 Å². The molecule has 110 valence electrons. The maximum atomic E-state index is 12.4. The Kier molecular flexibility index (Phi) is 4.70. The highest BCUT2D eigenvalue weighted by molar-refractivity contribution is 6.31. The van der Waals surface area contributed by atoms with E-state index in [-0.39, 0.29) is 5.91 Å². The van der Waals surface area contributed by atoms with Crippen molar-refractivity contribution in [2.75, 3.05) is 17.7 Å². The summed E-state index contributed by atoms with van der Waals surface area (Å²) in [7, 11) is 0. The van der Waals surface area contributed by atoms with Crippen molar-refractivity contribution >= 4 is 28.9 Å². The Morgan fingerprint density at radius 1 is 1.33 bits per heavy atom. The number of para-hydroxylation sites is 1. The van der Waals surface area contributed by atoms with Gasteiger partial charge in [-0.3, -0.25) is 4.79 Å². The number of carbonyl (C=O) groups is 1. The zero-order valence-corrected chi connectivity index (χ0v) is 12.7. The smallest absolute Gasteiger partial charge is 0.259 e. The van der Waals surface area contributed by atoms with E-state index >= 15 is 0 Å². The van der Waals surface area contributed by atoms with E-state index in [1.54, 1.807) is 30.3 Å². The van der Waals surface area contributed by atoms with E-state index in [0.717, 1.165) is 5.56 Å². The highest BCUT2D eigenvalue weighted by Crippen LogP contribution is 2.28. The minimum atomic E-state index is -0.286. The Morgan fingerprint density at radius 3 is 2.76 bits per heavy atom. The predicted octanol–water partition coefficient (Wildman–Crippen LogP) is 3.88. The summed E-state index contributed by atoms with van der Waals surface area (Å²) in [5, 5.41) is 3.40. The Hall–Kier alpha value is -2.20. The van der Waals surface area contributed by atoms with Crippen LogP contribution in [0.5, 0.6) is 5.75 Å². The molecular weight excluding hydrogens is 288 g/mol. The van der Waals surface area contributed by atoms with Gasteiger partial charge in [0.15, 0.2) is 5.75 Å². The average molecular weight is 305 g/mol. The van der Waals surface area contributed by atoms with Gasteiger partial charge in [0, 0.05) is 10.7 Å². The van der Waals surface area contributed by atoms with Crippen molar-refractivity contribution in [2.45, 2.75) is 13.8 Å². The molecular formula is C16H17ClN2O2. The van der Waals surface area contributed by atoms with E-state index in [9.17, 15) is 4.79 Å². The normalized spacial score (nSPS) is 10.2. The van der Waals surface area contributed by atoms with Crippen molar-refractivity contribution in [1.29, 1.82) is 0 Å². The number of nitrogens with one attached hydrogen (secondary N) is 1. The number of nitrogens with two attached hydrogens (primary N) is 1. The lowest BCUT2D eigenvalue weighted by atomic mass is 10.1. The predicted molar refractivity (Wildman–Crippen MR) is 86.2 cm³/mol. The summed E-state index contributed by atoms with van der Waals surface area (Å²) in [5.74, 6) is 0.112. The molecule has 0 unspecified atom stereocenters. The molecule has 0 atom stereocenters. The largest absolute Gasteiger partial charge is 0.491 e. The number of hydrogen-bond acceptors (Lipinski definition) is 3. The number of aryl methyl sites for hydroxylation is 1. The van der Waals surface area contributed by atoms with Gasteiger partial charge in [-0.05, 0) is 43.7 Å². The third-order valence-corrected chi connectivity index (χ3v) is 3.42. The first-order chi connectivity index (χ1) is 10.0. The molecule has 0 saturated heterocycles. The van der Waals surface area contributed by atoms with Crippen LogP contribution in [0.25, 0.3) is 0 Å². The summed E-state index contributed by atoms with van der Waals surface area (Å²) < 4.78 is 5.46. The van der Waals surface area contributed by atoms with Gasteiger partial charge < -0.3 is 15.8 Å². The number of nitrogen functional groups attached to an aromatic ring is 1. The first-order valence-corrected chi connectivity index (χ1v) is 6.99. The molecule has 1 amide bonds. The van der Waals surface area contributed by atoms with Gasteiger partial charge in [0.1, 0.15) is 0 Å². The van der Waals surface area contributed by atoms with E-state index < -0.39 is 0 Å². The molecule has 0 aromatic heterocycles. The minimum Gasteiger partial charge on any atom is -0.491 e. The molecule has 2 rings (SSSR count). The zero-order chi connectivity index (χ0) is 15.4. The van der Waals surface area contributed by atoms with Crippen molar-refractivity contribution in [3.8, 4) is 5.75 Å². The number of benzene rings is 2. The van der Waals surface area contributed by atoms with Crippen LogP contribution in [0.1, 0.15) is 22.8 Å². The van der Waals surface area contributed by atoms with Gasteiger partial charge in [0.25, 0.3) is 5.91 Å². The highest BCUT2D eigenvalue weighted by atomic mass is 35.5. The monoisotopic (exact) mass is 304 g/mol. The second-order valence-corrected chi connectivity index (χ2v) is 4.98. The van der Waals surface area contributed by atoms with E-state index in [1.807, 2.05) is 19.9 Å². The molecule has 3 N–H and O–H groups in total. The van der Waals surface area contributed by atoms with Crippen molar-refractivity contribution in [1.82, 2.24) is 0 Å². The van der Waals surface area contributed by atoms with E-state index in [4.69, 9.17) is 22.1 Å². The molecule has 0 aliphatic rings. The van der Waals surface area contributed by atoms with Crippen molar-refractivity contribution in [3.05, 3.63) is 52.5 Å². The number of amides is 1. The Bertz CT molecular complexity index is 671. The minimum absolute atomic E-state index is 0.286. The number of anilines is 2. The topological polar surface area (TPSA) is 64.3 Å². The quantitative estimate of drug-likeness (QED) is 0.842. The van der Waals surface area contributed by atoms with Gasteiger partial charge in [-0.25, -0.2) is 0 Å². The van der Waals surface area contributed by atoms with Gasteiger partial charge in [-0.2, -0.15) is 0 Å². The number of carbonyl (C=O) groups excluding carboxylic acids is 1. The molecule has 5 heteroatoms. The standard InChI is InChI=1S/C16H17ClN2O2/c1-3-21-15-12(5-4-6-14(15)18)16(20)19-11-8-7-10(2)13(17)9-11/h4-9H,3,18H2,1-2H3,(H,19,20). The summed E-state index contributed by atoms with van der Waals surface area (Å²) in [5.41, 5.74) is 8.27. The lowest BCUT2D eigenvalue weighted by Gasteiger charge is -2.13. The van der Waals surface area contributed by atoms with Crippen LogP contribution in [0.15, 0.2) is 36.4 Å². The fourth-order valence-corrected chi connectivity index (χ4v) is 2.09.